The van der Waals surface area contributed by atoms with Crippen molar-refractivity contribution < 1.29 is 17.7 Å². The molecule has 1 aromatic heterocycles. The van der Waals surface area contributed by atoms with Gasteiger partial charge in [-0.2, -0.15) is 13.2 Å². The van der Waals surface area contributed by atoms with Gasteiger partial charge in [-0.3, -0.25) is 0 Å². The Morgan fingerprint density at radius 1 is 1.35 bits per heavy atom. The van der Waals surface area contributed by atoms with Crippen LogP contribution in [0.5, 0.6) is 0 Å². The van der Waals surface area contributed by atoms with Gasteiger partial charge in [-0.1, -0.05) is 18.0 Å². The van der Waals surface area contributed by atoms with Gasteiger partial charge in [0.25, 0.3) is 0 Å². The summed E-state index contributed by atoms with van der Waals surface area (Å²) >= 11 is 0. The molecule has 0 amide bonds. The fraction of sp³-hybridized carbons (Fsp3) is 0.727. The Morgan fingerprint density at radius 2 is 2.12 bits per heavy atom. The molecular weight excluding hydrogens is 233 g/mol. The molecule has 1 aliphatic carbocycles. The summed E-state index contributed by atoms with van der Waals surface area (Å²) < 4.78 is 43.2. The van der Waals surface area contributed by atoms with Gasteiger partial charge in [-0.05, 0) is 12.8 Å². The first-order valence-electron chi connectivity index (χ1n) is 5.77. The topological polar surface area (TPSA) is 38.1 Å². The Bertz CT molecular complexity index is 337. The third-order valence-corrected chi connectivity index (χ3v) is 3.22. The summed E-state index contributed by atoms with van der Waals surface area (Å²) in [5.74, 6) is -0.671. The predicted molar refractivity (Wildman–Crippen MR) is 55.1 cm³/mol. The molecule has 0 radical (unpaired) electrons. The molecule has 1 fully saturated rings. The summed E-state index contributed by atoms with van der Waals surface area (Å²) in [5, 5.41) is 6.44. The van der Waals surface area contributed by atoms with Crippen molar-refractivity contribution in [1.82, 2.24) is 10.5 Å². The lowest BCUT2D eigenvalue weighted by Crippen LogP contribution is -2.45. The predicted octanol–water partition coefficient (Wildman–Crippen LogP) is 2.89. The fourth-order valence-corrected chi connectivity index (χ4v) is 2.33. The van der Waals surface area contributed by atoms with Crippen LogP contribution in [0.15, 0.2) is 16.8 Å². The molecule has 2 rings (SSSR count). The Kier molecular flexibility index (Phi) is 3.71. The smallest absolute Gasteiger partial charge is 0.360 e. The van der Waals surface area contributed by atoms with Gasteiger partial charge in [0.15, 0.2) is 0 Å². The lowest BCUT2D eigenvalue weighted by molar-refractivity contribution is -0.189. The molecule has 0 spiro atoms. The summed E-state index contributed by atoms with van der Waals surface area (Å²) in [5.41, 5.74) is 0. The molecule has 2 unspecified atom stereocenters. The van der Waals surface area contributed by atoms with Crippen molar-refractivity contribution in [2.45, 2.75) is 44.4 Å². The highest BCUT2D eigenvalue weighted by Gasteiger charge is 2.45. The maximum atomic E-state index is 12.8. The van der Waals surface area contributed by atoms with Crippen LogP contribution >= 0.6 is 0 Å². The third kappa shape index (κ3) is 3.21. The van der Waals surface area contributed by atoms with E-state index < -0.39 is 18.1 Å². The van der Waals surface area contributed by atoms with Crippen molar-refractivity contribution in [2.24, 2.45) is 5.92 Å². The van der Waals surface area contributed by atoms with Gasteiger partial charge < -0.3 is 9.84 Å². The molecule has 96 valence electrons. The maximum absolute atomic E-state index is 12.8. The number of alkyl halides is 3. The molecule has 1 aliphatic rings. The Morgan fingerprint density at radius 3 is 2.76 bits per heavy atom. The molecule has 3 nitrogen and oxygen atoms in total. The SMILES string of the molecule is FC(F)(F)C1CCCCC1NCc1ccno1. The zero-order valence-electron chi connectivity index (χ0n) is 9.33. The van der Waals surface area contributed by atoms with E-state index in [1.165, 1.54) is 6.20 Å². The molecule has 0 saturated heterocycles. The molecule has 1 N–H and O–H groups in total. The van der Waals surface area contributed by atoms with Gasteiger partial charge in [0.1, 0.15) is 5.76 Å². The standard InChI is InChI=1S/C11H15F3N2O/c12-11(13,14)9-3-1-2-4-10(9)15-7-8-5-6-16-17-8/h5-6,9-10,15H,1-4,7H2. The van der Waals surface area contributed by atoms with Crippen LogP contribution in [0.25, 0.3) is 0 Å². The zero-order chi connectivity index (χ0) is 12.3. The fourth-order valence-electron chi connectivity index (χ4n) is 2.33. The molecule has 1 saturated carbocycles. The van der Waals surface area contributed by atoms with Crippen LogP contribution in [-0.2, 0) is 6.54 Å². The average molecular weight is 248 g/mol. The lowest BCUT2D eigenvalue weighted by Gasteiger charge is -2.33. The van der Waals surface area contributed by atoms with Crippen molar-refractivity contribution in [1.29, 1.82) is 0 Å². The largest absolute Gasteiger partial charge is 0.393 e. The monoisotopic (exact) mass is 248 g/mol. The van der Waals surface area contributed by atoms with Gasteiger partial charge in [0, 0.05) is 12.1 Å². The number of hydrogen-bond donors (Lipinski definition) is 1. The van der Waals surface area contributed by atoms with Crippen molar-refractivity contribution in [3.8, 4) is 0 Å². The maximum Gasteiger partial charge on any atom is 0.393 e. The minimum atomic E-state index is -4.11. The summed E-state index contributed by atoms with van der Waals surface area (Å²) in [6.45, 7) is 0.303. The molecule has 0 aliphatic heterocycles. The van der Waals surface area contributed by atoms with E-state index in [9.17, 15) is 13.2 Å². The van der Waals surface area contributed by atoms with Crippen LogP contribution < -0.4 is 5.32 Å². The molecule has 0 aromatic carbocycles. The highest BCUT2D eigenvalue weighted by molar-refractivity contribution is 4.94. The van der Waals surface area contributed by atoms with Crippen LogP contribution in [0.2, 0.25) is 0 Å². The third-order valence-electron chi connectivity index (χ3n) is 3.22. The molecule has 1 heterocycles. The highest BCUT2D eigenvalue weighted by Crippen LogP contribution is 2.37. The van der Waals surface area contributed by atoms with Crippen LogP contribution in [0.4, 0.5) is 13.2 Å². The van der Waals surface area contributed by atoms with Gasteiger partial charge in [-0.15, -0.1) is 0 Å². The lowest BCUT2D eigenvalue weighted by atomic mass is 9.84. The van der Waals surface area contributed by atoms with Gasteiger partial charge in [0.2, 0.25) is 0 Å². The summed E-state index contributed by atoms with van der Waals surface area (Å²) in [6, 6.07) is 1.15. The first-order valence-corrected chi connectivity index (χ1v) is 5.77. The van der Waals surface area contributed by atoms with Crippen LogP contribution in [0.1, 0.15) is 31.4 Å². The number of nitrogens with zero attached hydrogens (tertiary/aromatic N) is 1. The minimum absolute atomic E-state index is 0.220. The second-order valence-corrected chi connectivity index (χ2v) is 4.40. The second-order valence-electron chi connectivity index (χ2n) is 4.40. The van der Waals surface area contributed by atoms with Gasteiger partial charge >= 0.3 is 6.18 Å². The normalized spacial score (nSPS) is 26.1. The summed E-state index contributed by atoms with van der Waals surface area (Å²) in [7, 11) is 0. The molecule has 0 bridgehead atoms. The van der Waals surface area contributed by atoms with Crippen LogP contribution in [0.3, 0.4) is 0 Å². The van der Waals surface area contributed by atoms with Crippen molar-refractivity contribution in [2.75, 3.05) is 0 Å². The second kappa shape index (κ2) is 5.08. The molecule has 1 aromatic rings. The molecule has 2 atom stereocenters. The van der Waals surface area contributed by atoms with Crippen LogP contribution in [-0.4, -0.2) is 17.4 Å². The molecule has 6 heteroatoms. The van der Waals surface area contributed by atoms with Crippen molar-refractivity contribution >= 4 is 0 Å². The van der Waals surface area contributed by atoms with E-state index in [0.29, 0.717) is 25.1 Å². The Hall–Kier alpha value is -1.04. The van der Waals surface area contributed by atoms with Crippen LogP contribution in [0, 0.1) is 5.92 Å². The first kappa shape index (κ1) is 12.4. The van der Waals surface area contributed by atoms with E-state index in [-0.39, 0.29) is 6.42 Å². The number of rotatable bonds is 3. The van der Waals surface area contributed by atoms with E-state index in [0.717, 1.165) is 6.42 Å². The minimum Gasteiger partial charge on any atom is -0.360 e. The van der Waals surface area contributed by atoms with E-state index in [2.05, 4.69) is 10.5 Å². The number of halogens is 3. The van der Waals surface area contributed by atoms with E-state index in [4.69, 9.17) is 4.52 Å². The van der Waals surface area contributed by atoms with Gasteiger partial charge in [0.05, 0.1) is 18.7 Å². The summed E-state index contributed by atoms with van der Waals surface area (Å²) in [4.78, 5) is 0. The number of aromatic nitrogens is 1. The van der Waals surface area contributed by atoms with Crippen molar-refractivity contribution in [3.05, 3.63) is 18.0 Å². The van der Waals surface area contributed by atoms with E-state index >= 15 is 0 Å². The Labute approximate surface area is 97.4 Å². The number of nitrogens with one attached hydrogen (secondary N) is 1. The molecule has 17 heavy (non-hydrogen) atoms. The zero-order valence-corrected chi connectivity index (χ0v) is 9.33. The molecular formula is C11H15F3N2O. The van der Waals surface area contributed by atoms with E-state index in [1.807, 2.05) is 0 Å². The summed E-state index contributed by atoms with van der Waals surface area (Å²) in [6.07, 6.45) is -0.334. The van der Waals surface area contributed by atoms with E-state index in [1.54, 1.807) is 6.07 Å². The first-order chi connectivity index (χ1) is 8.07. The van der Waals surface area contributed by atoms with Crippen molar-refractivity contribution in [3.63, 3.8) is 0 Å². The number of hydrogen-bond acceptors (Lipinski definition) is 3. The highest BCUT2D eigenvalue weighted by atomic mass is 19.4. The average Bonchev–Trinajstić information content (AvgIpc) is 2.78. The quantitative estimate of drug-likeness (QED) is 0.893. The van der Waals surface area contributed by atoms with Gasteiger partial charge in [-0.25, -0.2) is 0 Å². The Balaban J connectivity index is 1.92.